The predicted octanol–water partition coefficient (Wildman–Crippen LogP) is 3.34. The molecule has 3 nitrogen and oxygen atoms in total. The van der Waals surface area contributed by atoms with Crippen LogP contribution < -0.4 is 5.73 Å². The van der Waals surface area contributed by atoms with Gasteiger partial charge in [0.25, 0.3) is 0 Å². The fourth-order valence-corrected chi connectivity index (χ4v) is 2.64. The lowest BCUT2D eigenvalue weighted by atomic mass is 10.00. The Morgan fingerprint density at radius 1 is 1.35 bits per heavy atom. The Balaban J connectivity index is 2.23. The van der Waals surface area contributed by atoms with Gasteiger partial charge in [0, 0.05) is 10.7 Å². The van der Waals surface area contributed by atoms with E-state index in [-0.39, 0.29) is 0 Å². The van der Waals surface area contributed by atoms with Gasteiger partial charge in [0.1, 0.15) is 0 Å². The molecule has 0 aliphatic heterocycles. The quantitative estimate of drug-likeness (QED) is 0.918. The molecular formula is C16H22ClN3. The SMILES string of the molecule is Cc1nn(Cc2cccc(Cl)c2)c(C)c1CC(C)CN. The highest BCUT2D eigenvalue weighted by Crippen LogP contribution is 2.19. The van der Waals surface area contributed by atoms with Crippen LogP contribution in [0.25, 0.3) is 0 Å². The Hall–Kier alpha value is -1.32. The minimum absolute atomic E-state index is 0.483. The molecule has 1 aromatic carbocycles. The van der Waals surface area contributed by atoms with Crippen LogP contribution in [0.4, 0.5) is 0 Å². The van der Waals surface area contributed by atoms with Crippen LogP contribution in [0, 0.1) is 19.8 Å². The Kier molecular flexibility index (Phi) is 4.84. The van der Waals surface area contributed by atoms with E-state index in [0.717, 1.165) is 23.7 Å². The fourth-order valence-electron chi connectivity index (χ4n) is 2.42. The Morgan fingerprint density at radius 2 is 2.10 bits per heavy atom. The molecule has 1 atom stereocenters. The Labute approximate surface area is 125 Å². The van der Waals surface area contributed by atoms with Crippen molar-refractivity contribution in [3.8, 4) is 0 Å². The van der Waals surface area contributed by atoms with Crippen molar-refractivity contribution >= 4 is 11.6 Å². The average molecular weight is 292 g/mol. The van der Waals surface area contributed by atoms with E-state index in [1.165, 1.54) is 16.8 Å². The van der Waals surface area contributed by atoms with Crippen LogP contribution in [-0.4, -0.2) is 16.3 Å². The second-order valence-corrected chi connectivity index (χ2v) is 5.92. The van der Waals surface area contributed by atoms with Gasteiger partial charge in [-0.2, -0.15) is 5.10 Å². The molecule has 1 aromatic heterocycles. The highest BCUT2D eigenvalue weighted by Gasteiger charge is 2.14. The van der Waals surface area contributed by atoms with Crippen molar-refractivity contribution in [2.24, 2.45) is 11.7 Å². The number of aromatic nitrogens is 2. The van der Waals surface area contributed by atoms with Crippen LogP contribution in [0.3, 0.4) is 0 Å². The molecule has 0 saturated carbocycles. The largest absolute Gasteiger partial charge is 0.330 e. The van der Waals surface area contributed by atoms with E-state index in [9.17, 15) is 0 Å². The van der Waals surface area contributed by atoms with Crippen molar-refractivity contribution in [1.82, 2.24) is 9.78 Å². The lowest BCUT2D eigenvalue weighted by Gasteiger charge is -2.09. The maximum absolute atomic E-state index is 6.03. The van der Waals surface area contributed by atoms with E-state index in [4.69, 9.17) is 17.3 Å². The van der Waals surface area contributed by atoms with Gasteiger partial charge in [-0.25, -0.2) is 0 Å². The molecule has 0 fully saturated rings. The number of benzene rings is 1. The first-order valence-corrected chi connectivity index (χ1v) is 7.36. The third-order valence-corrected chi connectivity index (χ3v) is 3.94. The normalized spacial score (nSPS) is 12.7. The summed E-state index contributed by atoms with van der Waals surface area (Å²) in [4.78, 5) is 0. The standard InChI is InChI=1S/C16H22ClN3/c1-11(9-18)7-16-12(2)19-20(13(16)3)10-14-5-4-6-15(17)8-14/h4-6,8,11H,7,9-10,18H2,1-3H3. The molecule has 2 aromatic rings. The maximum atomic E-state index is 6.03. The molecule has 108 valence electrons. The van der Waals surface area contributed by atoms with Crippen molar-refractivity contribution in [3.63, 3.8) is 0 Å². The molecule has 0 bridgehead atoms. The number of nitrogens with zero attached hydrogens (tertiary/aromatic N) is 2. The summed E-state index contributed by atoms with van der Waals surface area (Å²) in [6, 6.07) is 7.92. The van der Waals surface area contributed by atoms with Gasteiger partial charge in [-0.05, 0) is 56.0 Å². The molecule has 2 N–H and O–H groups in total. The van der Waals surface area contributed by atoms with Crippen LogP contribution in [-0.2, 0) is 13.0 Å². The smallest absolute Gasteiger partial charge is 0.0663 e. The van der Waals surface area contributed by atoms with Gasteiger partial charge in [-0.1, -0.05) is 30.7 Å². The molecule has 0 saturated heterocycles. The number of halogens is 1. The van der Waals surface area contributed by atoms with Crippen molar-refractivity contribution in [2.75, 3.05) is 6.54 Å². The number of rotatable bonds is 5. The summed E-state index contributed by atoms with van der Waals surface area (Å²) >= 11 is 6.03. The summed E-state index contributed by atoms with van der Waals surface area (Å²) in [6.07, 6.45) is 0.990. The topological polar surface area (TPSA) is 43.8 Å². The van der Waals surface area contributed by atoms with E-state index in [1.54, 1.807) is 0 Å². The predicted molar refractivity (Wildman–Crippen MR) is 84.2 cm³/mol. The molecule has 0 amide bonds. The maximum Gasteiger partial charge on any atom is 0.0663 e. The first-order chi connectivity index (χ1) is 9.51. The first-order valence-electron chi connectivity index (χ1n) is 6.98. The first kappa shape index (κ1) is 15.1. The van der Waals surface area contributed by atoms with Gasteiger partial charge >= 0.3 is 0 Å². The fraction of sp³-hybridized carbons (Fsp3) is 0.438. The van der Waals surface area contributed by atoms with E-state index >= 15 is 0 Å². The monoisotopic (exact) mass is 291 g/mol. The number of nitrogens with two attached hydrogens (primary N) is 1. The Morgan fingerprint density at radius 3 is 2.75 bits per heavy atom. The zero-order valence-electron chi connectivity index (χ0n) is 12.4. The lowest BCUT2D eigenvalue weighted by Crippen LogP contribution is -2.14. The summed E-state index contributed by atoms with van der Waals surface area (Å²) in [5.74, 6) is 0.483. The summed E-state index contributed by atoms with van der Waals surface area (Å²) in [6.45, 7) is 7.83. The molecule has 20 heavy (non-hydrogen) atoms. The molecular weight excluding hydrogens is 270 g/mol. The average Bonchev–Trinajstić information content (AvgIpc) is 2.66. The lowest BCUT2D eigenvalue weighted by molar-refractivity contribution is 0.587. The van der Waals surface area contributed by atoms with Crippen LogP contribution in [0.1, 0.15) is 29.4 Å². The molecule has 0 spiro atoms. The van der Waals surface area contributed by atoms with Crippen LogP contribution in [0.5, 0.6) is 0 Å². The molecule has 0 aliphatic carbocycles. The summed E-state index contributed by atoms with van der Waals surface area (Å²) in [5, 5.41) is 5.42. The Bertz CT molecular complexity index is 589. The van der Waals surface area contributed by atoms with E-state index in [0.29, 0.717) is 12.5 Å². The molecule has 4 heteroatoms. The molecule has 2 rings (SSSR count). The second-order valence-electron chi connectivity index (χ2n) is 5.48. The van der Waals surface area contributed by atoms with E-state index in [2.05, 4.69) is 36.6 Å². The number of aryl methyl sites for hydroxylation is 1. The number of hydrogen-bond acceptors (Lipinski definition) is 2. The van der Waals surface area contributed by atoms with Crippen molar-refractivity contribution in [1.29, 1.82) is 0 Å². The zero-order valence-corrected chi connectivity index (χ0v) is 13.1. The minimum atomic E-state index is 0.483. The van der Waals surface area contributed by atoms with E-state index in [1.807, 2.05) is 18.2 Å². The molecule has 0 aliphatic rings. The molecule has 0 radical (unpaired) electrons. The van der Waals surface area contributed by atoms with Gasteiger partial charge in [0.2, 0.25) is 0 Å². The van der Waals surface area contributed by atoms with Gasteiger partial charge in [0.05, 0.1) is 12.2 Å². The highest BCUT2D eigenvalue weighted by atomic mass is 35.5. The van der Waals surface area contributed by atoms with Crippen LogP contribution in [0.2, 0.25) is 5.02 Å². The van der Waals surface area contributed by atoms with Crippen LogP contribution >= 0.6 is 11.6 Å². The third-order valence-electron chi connectivity index (χ3n) is 3.71. The molecule has 1 heterocycles. The van der Waals surface area contributed by atoms with Crippen molar-refractivity contribution in [2.45, 2.75) is 33.7 Å². The van der Waals surface area contributed by atoms with Crippen molar-refractivity contribution < 1.29 is 0 Å². The summed E-state index contributed by atoms with van der Waals surface area (Å²) in [5.41, 5.74) is 10.5. The second kappa shape index (κ2) is 6.42. The van der Waals surface area contributed by atoms with Gasteiger partial charge in [-0.3, -0.25) is 4.68 Å². The minimum Gasteiger partial charge on any atom is -0.330 e. The summed E-state index contributed by atoms with van der Waals surface area (Å²) in [7, 11) is 0. The molecule has 1 unspecified atom stereocenters. The summed E-state index contributed by atoms with van der Waals surface area (Å²) < 4.78 is 2.06. The zero-order chi connectivity index (χ0) is 14.7. The van der Waals surface area contributed by atoms with Gasteiger partial charge in [-0.15, -0.1) is 0 Å². The van der Waals surface area contributed by atoms with Crippen molar-refractivity contribution in [3.05, 3.63) is 51.8 Å². The van der Waals surface area contributed by atoms with Gasteiger partial charge < -0.3 is 5.73 Å². The number of hydrogen-bond donors (Lipinski definition) is 1. The highest BCUT2D eigenvalue weighted by molar-refractivity contribution is 6.30. The third kappa shape index (κ3) is 3.41. The van der Waals surface area contributed by atoms with E-state index < -0.39 is 0 Å². The van der Waals surface area contributed by atoms with Gasteiger partial charge in [0.15, 0.2) is 0 Å². The van der Waals surface area contributed by atoms with Crippen LogP contribution in [0.15, 0.2) is 24.3 Å².